The van der Waals surface area contributed by atoms with E-state index in [-0.39, 0.29) is 6.10 Å². The molecule has 0 aliphatic heterocycles. The normalized spacial score (nSPS) is 16.4. The van der Waals surface area contributed by atoms with Gasteiger partial charge in [-0.25, -0.2) is 27.1 Å². The SMILES string of the molecule is NS(=O)(=O)c1ccc(F)c(C(=O)OC2CCCC2)c1F. The predicted molar refractivity (Wildman–Crippen MR) is 65.4 cm³/mol. The summed E-state index contributed by atoms with van der Waals surface area (Å²) < 4.78 is 54.8. The van der Waals surface area contributed by atoms with E-state index >= 15 is 0 Å². The molecule has 1 aliphatic rings. The van der Waals surface area contributed by atoms with Gasteiger partial charge in [0.1, 0.15) is 22.4 Å². The number of esters is 1. The maximum absolute atomic E-state index is 14.0. The fraction of sp³-hybridized carbons (Fsp3) is 0.417. The molecule has 1 aromatic rings. The number of primary sulfonamides is 1. The average molecular weight is 305 g/mol. The maximum atomic E-state index is 14.0. The summed E-state index contributed by atoms with van der Waals surface area (Å²) in [4.78, 5) is 10.9. The molecule has 2 N–H and O–H groups in total. The zero-order valence-corrected chi connectivity index (χ0v) is 11.3. The fourth-order valence-electron chi connectivity index (χ4n) is 2.16. The van der Waals surface area contributed by atoms with Crippen molar-refractivity contribution >= 4 is 16.0 Å². The van der Waals surface area contributed by atoms with Gasteiger partial charge in [0.2, 0.25) is 10.0 Å². The molecule has 0 bridgehead atoms. The van der Waals surface area contributed by atoms with Crippen LogP contribution in [0, 0.1) is 11.6 Å². The lowest BCUT2D eigenvalue weighted by molar-refractivity contribution is 0.0306. The monoisotopic (exact) mass is 305 g/mol. The molecule has 0 amide bonds. The van der Waals surface area contributed by atoms with Crippen LogP contribution in [0.3, 0.4) is 0 Å². The summed E-state index contributed by atoms with van der Waals surface area (Å²) in [5, 5.41) is 4.80. The van der Waals surface area contributed by atoms with Crippen LogP contribution in [0.4, 0.5) is 8.78 Å². The Labute approximate surface area is 114 Å². The number of sulfonamides is 1. The Morgan fingerprint density at radius 2 is 1.85 bits per heavy atom. The minimum atomic E-state index is -4.38. The lowest BCUT2D eigenvalue weighted by Crippen LogP contribution is -2.21. The lowest BCUT2D eigenvalue weighted by Gasteiger charge is -2.13. The van der Waals surface area contributed by atoms with E-state index in [2.05, 4.69) is 0 Å². The third-order valence-corrected chi connectivity index (χ3v) is 4.07. The van der Waals surface area contributed by atoms with Crippen LogP contribution in [0.5, 0.6) is 0 Å². The highest BCUT2D eigenvalue weighted by Gasteiger charge is 2.28. The van der Waals surface area contributed by atoms with Gasteiger partial charge in [-0.1, -0.05) is 0 Å². The van der Waals surface area contributed by atoms with E-state index < -0.39 is 38.1 Å². The standard InChI is InChI=1S/C12H13F2NO4S/c13-8-5-6-9(20(15,17)18)11(14)10(8)12(16)19-7-3-1-2-4-7/h5-7H,1-4H2,(H2,15,17,18). The van der Waals surface area contributed by atoms with Gasteiger partial charge in [0.25, 0.3) is 0 Å². The highest BCUT2D eigenvalue weighted by atomic mass is 32.2. The van der Waals surface area contributed by atoms with E-state index in [0.29, 0.717) is 25.0 Å². The van der Waals surface area contributed by atoms with Gasteiger partial charge < -0.3 is 4.74 Å². The number of carbonyl (C=O) groups excluding carboxylic acids is 1. The third kappa shape index (κ3) is 2.96. The molecule has 0 saturated heterocycles. The van der Waals surface area contributed by atoms with E-state index in [9.17, 15) is 22.0 Å². The van der Waals surface area contributed by atoms with Crippen LogP contribution in [0.15, 0.2) is 17.0 Å². The van der Waals surface area contributed by atoms with E-state index in [0.717, 1.165) is 12.8 Å². The Hall–Kier alpha value is -1.54. The van der Waals surface area contributed by atoms with Crippen LogP contribution in [-0.4, -0.2) is 20.5 Å². The second kappa shape index (κ2) is 5.45. The molecule has 0 atom stereocenters. The van der Waals surface area contributed by atoms with Gasteiger partial charge in [-0.3, -0.25) is 0 Å². The first kappa shape index (κ1) is 14.9. The number of ether oxygens (including phenoxy) is 1. The number of rotatable bonds is 3. The molecule has 8 heteroatoms. The molecule has 0 unspecified atom stereocenters. The van der Waals surface area contributed by atoms with Crippen molar-refractivity contribution in [1.29, 1.82) is 0 Å². The largest absolute Gasteiger partial charge is 0.459 e. The molecular weight excluding hydrogens is 292 g/mol. The van der Waals surface area contributed by atoms with Crippen molar-refractivity contribution < 1.29 is 26.7 Å². The lowest BCUT2D eigenvalue weighted by atomic mass is 10.2. The molecule has 1 aliphatic carbocycles. The summed E-state index contributed by atoms with van der Waals surface area (Å²) in [5.41, 5.74) is -1.02. The molecule has 2 rings (SSSR count). The van der Waals surface area contributed by atoms with Gasteiger partial charge in [-0.05, 0) is 37.8 Å². The summed E-state index contributed by atoms with van der Waals surface area (Å²) in [6, 6.07) is 1.35. The maximum Gasteiger partial charge on any atom is 0.344 e. The quantitative estimate of drug-likeness (QED) is 0.861. The Morgan fingerprint density at radius 1 is 1.25 bits per heavy atom. The highest BCUT2D eigenvalue weighted by Crippen LogP contribution is 2.25. The van der Waals surface area contributed by atoms with Crippen LogP contribution in [0.1, 0.15) is 36.0 Å². The van der Waals surface area contributed by atoms with E-state index in [1.54, 1.807) is 0 Å². The summed E-state index contributed by atoms with van der Waals surface area (Å²) >= 11 is 0. The Morgan fingerprint density at radius 3 is 2.40 bits per heavy atom. The summed E-state index contributed by atoms with van der Waals surface area (Å²) in [5.74, 6) is -3.91. The predicted octanol–water partition coefficient (Wildman–Crippen LogP) is 1.71. The van der Waals surface area contributed by atoms with Gasteiger partial charge >= 0.3 is 5.97 Å². The zero-order chi connectivity index (χ0) is 14.9. The second-order valence-electron chi connectivity index (χ2n) is 4.59. The molecular formula is C12H13F2NO4S. The van der Waals surface area contributed by atoms with Crippen LogP contribution in [0.2, 0.25) is 0 Å². The van der Waals surface area contributed by atoms with Gasteiger partial charge in [0, 0.05) is 0 Å². The Bertz CT molecular complexity index is 639. The van der Waals surface area contributed by atoms with E-state index in [4.69, 9.17) is 9.88 Å². The molecule has 20 heavy (non-hydrogen) atoms. The molecule has 1 saturated carbocycles. The van der Waals surface area contributed by atoms with E-state index in [1.165, 1.54) is 0 Å². The minimum Gasteiger partial charge on any atom is -0.459 e. The molecule has 0 radical (unpaired) electrons. The number of halogens is 2. The highest BCUT2D eigenvalue weighted by molar-refractivity contribution is 7.89. The zero-order valence-electron chi connectivity index (χ0n) is 10.4. The number of benzene rings is 1. The van der Waals surface area contributed by atoms with Crippen molar-refractivity contribution in [2.75, 3.05) is 0 Å². The van der Waals surface area contributed by atoms with Gasteiger partial charge in [0.05, 0.1) is 0 Å². The van der Waals surface area contributed by atoms with Crippen molar-refractivity contribution in [3.05, 3.63) is 29.3 Å². The first-order valence-corrected chi connectivity index (χ1v) is 7.57. The number of hydrogen-bond donors (Lipinski definition) is 1. The fourth-order valence-corrected chi connectivity index (χ4v) is 2.77. The van der Waals surface area contributed by atoms with Crippen LogP contribution in [-0.2, 0) is 14.8 Å². The number of hydrogen-bond acceptors (Lipinski definition) is 4. The first-order chi connectivity index (χ1) is 9.30. The van der Waals surface area contributed by atoms with Crippen molar-refractivity contribution in [3.63, 3.8) is 0 Å². The Balaban J connectivity index is 2.37. The first-order valence-electron chi connectivity index (χ1n) is 6.02. The van der Waals surface area contributed by atoms with Gasteiger partial charge in [0.15, 0.2) is 5.82 Å². The van der Waals surface area contributed by atoms with Crippen molar-refractivity contribution in [2.24, 2.45) is 5.14 Å². The molecule has 1 fully saturated rings. The smallest absolute Gasteiger partial charge is 0.344 e. The number of nitrogens with two attached hydrogens (primary N) is 1. The molecule has 0 aromatic heterocycles. The molecule has 5 nitrogen and oxygen atoms in total. The average Bonchev–Trinajstić information content (AvgIpc) is 2.79. The van der Waals surface area contributed by atoms with Gasteiger partial charge in [-0.2, -0.15) is 0 Å². The van der Waals surface area contributed by atoms with Crippen molar-refractivity contribution in [2.45, 2.75) is 36.7 Å². The van der Waals surface area contributed by atoms with Gasteiger partial charge in [-0.15, -0.1) is 0 Å². The van der Waals surface area contributed by atoms with Crippen LogP contribution in [0.25, 0.3) is 0 Å². The van der Waals surface area contributed by atoms with Crippen LogP contribution < -0.4 is 5.14 Å². The summed E-state index contributed by atoms with van der Waals surface area (Å²) in [6.45, 7) is 0. The van der Waals surface area contributed by atoms with Crippen molar-refractivity contribution in [1.82, 2.24) is 0 Å². The second-order valence-corrected chi connectivity index (χ2v) is 6.12. The molecule has 110 valence electrons. The molecule has 0 spiro atoms. The topological polar surface area (TPSA) is 86.5 Å². The van der Waals surface area contributed by atoms with Crippen LogP contribution >= 0.6 is 0 Å². The molecule has 1 aromatic carbocycles. The van der Waals surface area contributed by atoms with E-state index in [1.807, 2.05) is 0 Å². The minimum absolute atomic E-state index is 0.389. The number of carbonyl (C=O) groups is 1. The van der Waals surface area contributed by atoms with Crippen molar-refractivity contribution in [3.8, 4) is 0 Å². The third-order valence-electron chi connectivity index (χ3n) is 3.14. The summed E-state index contributed by atoms with van der Waals surface area (Å²) in [7, 11) is -4.38. The summed E-state index contributed by atoms with van der Waals surface area (Å²) in [6.07, 6.45) is 2.62. The Kier molecular flexibility index (Phi) is 4.05. The molecule has 0 heterocycles.